The zero-order valence-corrected chi connectivity index (χ0v) is 18.4. The highest BCUT2D eigenvalue weighted by Gasteiger charge is 2.33. The third kappa shape index (κ3) is 5.21. The second-order valence-electron chi connectivity index (χ2n) is 7.64. The van der Waals surface area contributed by atoms with Crippen LogP contribution in [0.5, 0.6) is 5.75 Å². The Morgan fingerprint density at radius 1 is 1.17 bits per heavy atom. The average molecular weight is 431 g/mol. The summed E-state index contributed by atoms with van der Waals surface area (Å²) >= 11 is 0. The maximum absolute atomic E-state index is 13.0. The van der Waals surface area contributed by atoms with Gasteiger partial charge in [-0.05, 0) is 49.1 Å². The molecule has 2 aromatic rings. The largest absolute Gasteiger partial charge is 0.497 e. The zero-order valence-electron chi connectivity index (χ0n) is 17.6. The summed E-state index contributed by atoms with van der Waals surface area (Å²) in [5, 5.41) is 3.05. The maximum atomic E-state index is 13.0. The number of amides is 1. The third-order valence-corrected chi connectivity index (χ3v) is 7.62. The number of carbonyl (C=O) groups excluding carboxylic acids is 1. The number of hydrogen-bond acceptors (Lipinski definition) is 4. The van der Waals surface area contributed by atoms with Crippen LogP contribution in [-0.2, 0) is 14.8 Å². The van der Waals surface area contributed by atoms with Gasteiger partial charge < -0.3 is 10.1 Å². The highest BCUT2D eigenvalue weighted by atomic mass is 32.2. The van der Waals surface area contributed by atoms with E-state index in [1.165, 1.54) is 17.0 Å². The number of benzene rings is 2. The van der Waals surface area contributed by atoms with Gasteiger partial charge in [0.25, 0.3) is 0 Å². The van der Waals surface area contributed by atoms with E-state index in [2.05, 4.69) is 24.4 Å². The third-order valence-electron chi connectivity index (χ3n) is 5.74. The van der Waals surface area contributed by atoms with Crippen LogP contribution in [0, 0.1) is 5.92 Å². The topological polar surface area (TPSA) is 75.7 Å². The molecule has 0 radical (unpaired) electrons. The normalized spacial score (nSPS) is 18.5. The molecule has 1 fully saturated rings. The standard InChI is InChI=1S/C23H30N2O4S/c1-3-18(19-8-5-4-6-9-19)16-24-23(26)20-10-7-15-25(17-20)30(27,28)22-13-11-21(29-2)12-14-22/h4-6,8-9,11-14,18,20H,3,7,10,15-17H2,1-2H3,(H,24,26). The van der Waals surface area contributed by atoms with Crippen LogP contribution in [0.3, 0.4) is 0 Å². The van der Waals surface area contributed by atoms with Crippen molar-refractivity contribution in [1.82, 2.24) is 9.62 Å². The number of sulfonamides is 1. The molecule has 2 unspecified atom stereocenters. The lowest BCUT2D eigenvalue weighted by molar-refractivity contribution is -0.126. The number of hydrogen-bond donors (Lipinski definition) is 1. The smallest absolute Gasteiger partial charge is 0.243 e. The van der Waals surface area contributed by atoms with E-state index in [1.807, 2.05) is 18.2 Å². The number of ether oxygens (including phenoxy) is 1. The van der Waals surface area contributed by atoms with E-state index in [0.29, 0.717) is 31.7 Å². The Kier molecular flexibility index (Phi) is 7.50. The molecule has 1 aliphatic rings. The first-order valence-corrected chi connectivity index (χ1v) is 11.9. The lowest BCUT2D eigenvalue weighted by Crippen LogP contribution is -2.46. The summed E-state index contributed by atoms with van der Waals surface area (Å²) in [5.74, 6) is 0.450. The van der Waals surface area contributed by atoms with Gasteiger partial charge in [-0.25, -0.2) is 8.42 Å². The van der Waals surface area contributed by atoms with Crippen molar-refractivity contribution in [2.75, 3.05) is 26.7 Å². The molecule has 0 aromatic heterocycles. The van der Waals surface area contributed by atoms with Crippen molar-refractivity contribution in [2.45, 2.75) is 37.0 Å². The zero-order chi connectivity index (χ0) is 21.6. The molecular weight excluding hydrogens is 400 g/mol. The van der Waals surface area contributed by atoms with Crippen LogP contribution in [0.25, 0.3) is 0 Å². The number of piperidine rings is 1. The second-order valence-corrected chi connectivity index (χ2v) is 9.58. The monoisotopic (exact) mass is 430 g/mol. The van der Waals surface area contributed by atoms with Gasteiger partial charge in [0, 0.05) is 25.6 Å². The number of methoxy groups -OCH3 is 1. The van der Waals surface area contributed by atoms with Crippen molar-refractivity contribution < 1.29 is 17.9 Å². The Hall–Kier alpha value is -2.38. The molecular formula is C23H30N2O4S. The molecule has 7 heteroatoms. The van der Waals surface area contributed by atoms with Crippen LogP contribution in [0.2, 0.25) is 0 Å². The molecule has 2 atom stereocenters. The fourth-order valence-corrected chi connectivity index (χ4v) is 5.39. The first kappa shape index (κ1) is 22.3. The van der Waals surface area contributed by atoms with E-state index >= 15 is 0 Å². The Labute approximate surface area is 179 Å². The van der Waals surface area contributed by atoms with Crippen LogP contribution >= 0.6 is 0 Å². The first-order chi connectivity index (χ1) is 14.5. The fraction of sp³-hybridized carbons (Fsp3) is 0.435. The molecule has 162 valence electrons. The van der Waals surface area contributed by atoms with Gasteiger partial charge in [0.15, 0.2) is 0 Å². The van der Waals surface area contributed by atoms with Gasteiger partial charge in [0.1, 0.15) is 5.75 Å². The summed E-state index contributed by atoms with van der Waals surface area (Å²) in [4.78, 5) is 13.0. The van der Waals surface area contributed by atoms with Crippen molar-refractivity contribution in [3.05, 3.63) is 60.2 Å². The van der Waals surface area contributed by atoms with Gasteiger partial charge in [0.2, 0.25) is 15.9 Å². The van der Waals surface area contributed by atoms with Gasteiger partial charge in [-0.2, -0.15) is 4.31 Å². The Bertz CT molecular complexity index is 929. The van der Waals surface area contributed by atoms with Crippen LogP contribution in [-0.4, -0.2) is 45.4 Å². The Balaban J connectivity index is 1.62. The lowest BCUT2D eigenvalue weighted by atomic mass is 9.95. The molecule has 1 heterocycles. The molecule has 30 heavy (non-hydrogen) atoms. The molecule has 3 rings (SSSR count). The van der Waals surface area contributed by atoms with E-state index in [1.54, 1.807) is 24.3 Å². The summed E-state index contributed by atoms with van der Waals surface area (Å²) in [5.41, 5.74) is 1.20. The molecule has 0 bridgehead atoms. The van der Waals surface area contributed by atoms with E-state index < -0.39 is 10.0 Å². The molecule has 1 amide bonds. The molecule has 1 aliphatic heterocycles. The molecule has 1 saturated heterocycles. The van der Waals surface area contributed by atoms with Crippen molar-refractivity contribution in [2.24, 2.45) is 5.92 Å². The lowest BCUT2D eigenvalue weighted by Gasteiger charge is -2.31. The first-order valence-electron chi connectivity index (χ1n) is 10.4. The molecule has 6 nitrogen and oxygen atoms in total. The fourth-order valence-electron chi connectivity index (χ4n) is 3.86. The number of carbonyl (C=O) groups is 1. The summed E-state index contributed by atoms with van der Waals surface area (Å²) < 4.78 is 32.5. The van der Waals surface area contributed by atoms with Crippen LogP contribution < -0.4 is 10.1 Å². The highest BCUT2D eigenvalue weighted by Crippen LogP contribution is 2.25. The van der Waals surface area contributed by atoms with Crippen LogP contribution in [0.15, 0.2) is 59.5 Å². The quantitative estimate of drug-likeness (QED) is 0.696. The maximum Gasteiger partial charge on any atom is 0.243 e. The minimum absolute atomic E-state index is 0.0704. The van der Waals surface area contributed by atoms with Gasteiger partial charge in [-0.3, -0.25) is 4.79 Å². The molecule has 0 spiro atoms. The van der Waals surface area contributed by atoms with Gasteiger partial charge in [-0.1, -0.05) is 37.3 Å². The van der Waals surface area contributed by atoms with Crippen molar-refractivity contribution >= 4 is 15.9 Å². The summed E-state index contributed by atoms with van der Waals surface area (Å²) in [6, 6.07) is 16.5. The molecule has 2 aromatic carbocycles. The Morgan fingerprint density at radius 2 is 1.87 bits per heavy atom. The van der Waals surface area contributed by atoms with Crippen molar-refractivity contribution in [1.29, 1.82) is 0 Å². The number of nitrogens with one attached hydrogen (secondary N) is 1. The van der Waals surface area contributed by atoms with Crippen molar-refractivity contribution in [3.63, 3.8) is 0 Å². The molecule has 0 aliphatic carbocycles. The molecule has 1 N–H and O–H groups in total. The average Bonchev–Trinajstić information content (AvgIpc) is 2.80. The summed E-state index contributed by atoms with van der Waals surface area (Å²) in [6.07, 6.45) is 2.29. The highest BCUT2D eigenvalue weighted by molar-refractivity contribution is 7.89. The SMILES string of the molecule is CCC(CNC(=O)C1CCCN(S(=O)(=O)c2ccc(OC)cc2)C1)c1ccccc1. The Morgan fingerprint density at radius 3 is 2.50 bits per heavy atom. The summed E-state index contributed by atoms with van der Waals surface area (Å²) in [6.45, 7) is 3.30. The van der Waals surface area contributed by atoms with E-state index in [9.17, 15) is 13.2 Å². The van der Waals surface area contributed by atoms with Gasteiger partial charge >= 0.3 is 0 Å². The minimum Gasteiger partial charge on any atom is -0.497 e. The minimum atomic E-state index is -3.63. The number of rotatable bonds is 8. The van der Waals surface area contributed by atoms with Crippen LogP contribution in [0.1, 0.15) is 37.7 Å². The summed E-state index contributed by atoms with van der Waals surface area (Å²) in [7, 11) is -2.09. The predicted octanol–water partition coefficient (Wildman–Crippen LogP) is 3.41. The van der Waals surface area contributed by atoms with Crippen LogP contribution in [0.4, 0.5) is 0 Å². The number of nitrogens with zero attached hydrogens (tertiary/aromatic N) is 1. The van der Waals surface area contributed by atoms with Crippen molar-refractivity contribution in [3.8, 4) is 5.75 Å². The van der Waals surface area contributed by atoms with E-state index in [4.69, 9.17) is 4.74 Å². The molecule has 0 saturated carbocycles. The van der Waals surface area contributed by atoms with E-state index in [-0.39, 0.29) is 29.2 Å². The van der Waals surface area contributed by atoms with Gasteiger partial charge in [-0.15, -0.1) is 0 Å². The van der Waals surface area contributed by atoms with E-state index in [0.717, 1.165) is 6.42 Å². The second kappa shape index (κ2) is 10.1. The predicted molar refractivity (Wildman–Crippen MR) is 117 cm³/mol. The van der Waals surface area contributed by atoms with Gasteiger partial charge in [0.05, 0.1) is 17.9 Å².